The minimum Gasteiger partial charge on any atom is -0.460 e. The lowest BCUT2D eigenvalue weighted by molar-refractivity contribution is -0.124. The lowest BCUT2D eigenvalue weighted by Gasteiger charge is -2.24. The summed E-state index contributed by atoms with van der Waals surface area (Å²) in [5.41, 5.74) is 6.75. The number of benzene rings is 5. The standard InChI is InChI=1S/C40H36N2O5/c43-38(41-31(24-28-14-4-1-5-15-28)26-46-39(44)30-18-8-3-9-19-30)37(25-29-16-6-2-7-17-29)42-40(45)47-27-36-34-22-12-10-20-32(34)33-21-11-13-23-35(33)36/h1-23,31,36-37H,24-27H2,(H,41,43)(H,42,45)/t31-,37+/m1/s1. The van der Waals surface area contributed by atoms with E-state index in [0.29, 0.717) is 12.0 Å². The lowest BCUT2D eigenvalue weighted by atomic mass is 9.98. The van der Waals surface area contributed by atoms with Crippen LogP contribution in [-0.2, 0) is 27.1 Å². The van der Waals surface area contributed by atoms with Crippen molar-refractivity contribution in [3.8, 4) is 11.1 Å². The molecular weight excluding hydrogens is 588 g/mol. The van der Waals surface area contributed by atoms with E-state index in [1.807, 2.05) is 91.0 Å². The van der Waals surface area contributed by atoms with Crippen molar-refractivity contribution in [2.75, 3.05) is 13.2 Å². The molecule has 2 amide bonds. The van der Waals surface area contributed by atoms with Gasteiger partial charge in [0.1, 0.15) is 19.3 Å². The first kappa shape index (κ1) is 31.3. The Morgan fingerprint density at radius 2 is 1.09 bits per heavy atom. The van der Waals surface area contributed by atoms with Gasteiger partial charge in [-0.15, -0.1) is 0 Å². The Bertz CT molecular complexity index is 1770. The molecule has 0 spiro atoms. The maximum atomic E-state index is 13.9. The van der Waals surface area contributed by atoms with E-state index in [0.717, 1.165) is 33.4 Å². The van der Waals surface area contributed by atoms with Crippen molar-refractivity contribution in [3.05, 3.63) is 167 Å². The van der Waals surface area contributed by atoms with Crippen LogP contribution in [0.5, 0.6) is 0 Å². The number of ether oxygens (including phenoxy) is 2. The monoisotopic (exact) mass is 624 g/mol. The summed E-state index contributed by atoms with van der Waals surface area (Å²) in [7, 11) is 0. The van der Waals surface area contributed by atoms with Crippen LogP contribution in [-0.4, -0.2) is 43.3 Å². The third kappa shape index (κ3) is 7.94. The second kappa shape index (κ2) is 15.1. The molecule has 5 aromatic carbocycles. The number of esters is 1. The van der Waals surface area contributed by atoms with E-state index in [-0.39, 0.29) is 25.6 Å². The highest BCUT2D eigenvalue weighted by Gasteiger charge is 2.30. The fourth-order valence-corrected chi connectivity index (χ4v) is 6.03. The summed E-state index contributed by atoms with van der Waals surface area (Å²) in [6, 6.07) is 42.7. The zero-order valence-corrected chi connectivity index (χ0v) is 25.9. The molecule has 0 fully saturated rings. The van der Waals surface area contributed by atoms with E-state index >= 15 is 0 Å². The molecule has 2 atom stereocenters. The van der Waals surface area contributed by atoms with Crippen LogP contribution in [0.4, 0.5) is 4.79 Å². The minimum absolute atomic E-state index is 0.0443. The molecule has 0 unspecified atom stereocenters. The van der Waals surface area contributed by atoms with Gasteiger partial charge in [0, 0.05) is 12.3 Å². The normalized spacial score (nSPS) is 13.0. The smallest absolute Gasteiger partial charge is 0.407 e. The SMILES string of the molecule is O=C(N[C@@H](Cc1ccccc1)C(=O)N[C@@H](COC(=O)c1ccccc1)Cc1ccccc1)OCC1c2ccccc2-c2ccccc21. The maximum Gasteiger partial charge on any atom is 0.407 e. The number of amides is 2. The predicted octanol–water partition coefficient (Wildman–Crippen LogP) is 6.72. The van der Waals surface area contributed by atoms with Gasteiger partial charge in [-0.2, -0.15) is 0 Å². The molecule has 0 saturated heterocycles. The molecule has 0 aliphatic heterocycles. The number of hydrogen-bond donors (Lipinski definition) is 2. The Labute approximate surface area is 274 Å². The van der Waals surface area contributed by atoms with Gasteiger partial charge in [-0.1, -0.05) is 127 Å². The van der Waals surface area contributed by atoms with Crippen molar-refractivity contribution in [3.63, 3.8) is 0 Å². The molecule has 6 rings (SSSR count). The number of carbonyl (C=O) groups excluding carboxylic acids is 3. The molecule has 2 N–H and O–H groups in total. The lowest BCUT2D eigenvalue weighted by Crippen LogP contribution is -2.52. The van der Waals surface area contributed by atoms with Crippen molar-refractivity contribution in [2.24, 2.45) is 0 Å². The van der Waals surface area contributed by atoms with Crippen LogP contribution in [0.15, 0.2) is 140 Å². The highest BCUT2D eigenvalue weighted by molar-refractivity contribution is 5.89. The van der Waals surface area contributed by atoms with Crippen LogP contribution >= 0.6 is 0 Å². The number of rotatable bonds is 12. The molecule has 0 bridgehead atoms. The van der Waals surface area contributed by atoms with Crippen LogP contribution < -0.4 is 10.6 Å². The zero-order chi connectivity index (χ0) is 32.4. The van der Waals surface area contributed by atoms with Gasteiger partial charge >= 0.3 is 12.1 Å². The number of nitrogens with one attached hydrogen (secondary N) is 2. The summed E-state index contributed by atoms with van der Waals surface area (Å²) in [5.74, 6) is -0.987. The van der Waals surface area contributed by atoms with Gasteiger partial charge in [0.25, 0.3) is 0 Å². The highest BCUT2D eigenvalue weighted by atomic mass is 16.5. The van der Waals surface area contributed by atoms with Crippen molar-refractivity contribution in [1.29, 1.82) is 0 Å². The van der Waals surface area contributed by atoms with Crippen LogP contribution in [0.3, 0.4) is 0 Å². The van der Waals surface area contributed by atoms with E-state index in [1.165, 1.54) is 0 Å². The fraction of sp³-hybridized carbons (Fsp3) is 0.175. The molecule has 1 aliphatic carbocycles. The van der Waals surface area contributed by atoms with Gasteiger partial charge in [-0.3, -0.25) is 4.79 Å². The van der Waals surface area contributed by atoms with E-state index in [2.05, 4.69) is 34.9 Å². The molecule has 7 heteroatoms. The number of fused-ring (bicyclic) bond motifs is 3. The Kier molecular flexibility index (Phi) is 10.0. The molecule has 7 nitrogen and oxygen atoms in total. The average Bonchev–Trinajstić information content (AvgIpc) is 3.44. The van der Waals surface area contributed by atoms with E-state index in [1.54, 1.807) is 24.3 Å². The van der Waals surface area contributed by atoms with E-state index < -0.39 is 30.1 Å². The molecule has 47 heavy (non-hydrogen) atoms. The summed E-state index contributed by atoms with van der Waals surface area (Å²) in [6.45, 7) is 0.0863. The summed E-state index contributed by atoms with van der Waals surface area (Å²) in [6.07, 6.45) is -0.00539. The summed E-state index contributed by atoms with van der Waals surface area (Å²) >= 11 is 0. The number of carbonyl (C=O) groups is 3. The van der Waals surface area contributed by atoms with E-state index in [4.69, 9.17) is 9.47 Å². The minimum atomic E-state index is -0.934. The Balaban J connectivity index is 1.15. The second-order valence-corrected chi connectivity index (χ2v) is 11.6. The fourth-order valence-electron chi connectivity index (χ4n) is 6.03. The van der Waals surface area contributed by atoms with Crippen molar-refractivity contribution in [1.82, 2.24) is 10.6 Å². The Hall–Kier alpha value is -5.69. The molecule has 0 aromatic heterocycles. The molecular formula is C40H36N2O5. The topological polar surface area (TPSA) is 93.7 Å². The number of alkyl carbamates (subject to hydrolysis) is 1. The quantitative estimate of drug-likeness (QED) is 0.150. The Morgan fingerprint density at radius 1 is 0.574 bits per heavy atom. The zero-order valence-electron chi connectivity index (χ0n) is 25.9. The predicted molar refractivity (Wildman–Crippen MR) is 181 cm³/mol. The molecule has 1 aliphatic rings. The molecule has 0 heterocycles. The second-order valence-electron chi connectivity index (χ2n) is 11.6. The van der Waals surface area contributed by atoms with Gasteiger partial charge in [0.15, 0.2) is 0 Å². The summed E-state index contributed by atoms with van der Waals surface area (Å²) in [5, 5.41) is 5.85. The van der Waals surface area contributed by atoms with Gasteiger partial charge in [-0.05, 0) is 51.9 Å². The average molecular weight is 625 g/mol. The first-order valence-electron chi connectivity index (χ1n) is 15.8. The Morgan fingerprint density at radius 3 is 1.68 bits per heavy atom. The third-order valence-electron chi connectivity index (χ3n) is 8.33. The molecule has 0 radical (unpaired) electrons. The van der Waals surface area contributed by atoms with Crippen molar-refractivity contribution >= 4 is 18.0 Å². The van der Waals surface area contributed by atoms with Crippen LogP contribution in [0, 0.1) is 0 Å². The van der Waals surface area contributed by atoms with Crippen LogP contribution in [0.25, 0.3) is 11.1 Å². The van der Waals surface area contributed by atoms with Gasteiger partial charge in [0.2, 0.25) is 5.91 Å². The van der Waals surface area contributed by atoms with Gasteiger partial charge < -0.3 is 20.1 Å². The van der Waals surface area contributed by atoms with E-state index in [9.17, 15) is 14.4 Å². The molecule has 5 aromatic rings. The largest absolute Gasteiger partial charge is 0.460 e. The van der Waals surface area contributed by atoms with Gasteiger partial charge in [0.05, 0.1) is 11.6 Å². The first-order valence-corrected chi connectivity index (χ1v) is 15.8. The van der Waals surface area contributed by atoms with Gasteiger partial charge in [-0.25, -0.2) is 9.59 Å². The van der Waals surface area contributed by atoms with Crippen LogP contribution in [0.1, 0.15) is 38.5 Å². The van der Waals surface area contributed by atoms with Crippen molar-refractivity contribution < 1.29 is 23.9 Å². The van der Waals surface area contributed by atoms with Crippen molar-refractivity contribution in [2.45, 2.75) is 30.8 Å². The molecule has 236 valence electrons. The molecule has 0 saturated carbocycles. The van der Waals surface area contributed by atoms with Crippen LogP contribution in [0.2, 0.25) is 0 Å². The summed E-state index contributed by atoms with van der Waals surface area (Å²) in [4.78, 5) is 39.9. The first-order chi connectivity index (χ1) is 23.0. The third-order valence-corrected chi connectivity index (χ3v) is 8.33. The number of hydrogen-bond acceptors (Lipinski definition) is 5. The highest BCUT2D eigenvalue weighted by Crippen LogP contribution is 2.44. The maximum absolute atomic E-state index is 13.9. The summed E-state index contributed by atoms with van der Waals surface area (Å²) < 4.78 is 11.4.